The van der Waals surface area contributed by atoms with E-state index in [2.05, 4.69) is 5.32 Å². The minimum absolute atomic E-state index is 0.122. The third-order valence-corrected chi connectivity index (χ3v) is 3.50. The molecular formula is C17H25FN2O3. The van der Waals surface area contributed by atoms with E-state index < -0.39 is 6.04 Å². The second kappa shape index (κ2) is 9.25. The van der Waals surface area contributed by atoms with Gasteiger partial charge in [0.2, 0.25) is 11.8 Å². The summed E-state index contributed by atoms with van der Waals surface area (Å²) in [5.74, 6) is -0.924. The van der Waals surface area contributed by atoms with Gasteiger partial charge in [0.25, 0.3) is 0 Å². The van der Waals surface area contributed by atoms with Crippen LogP contribution in [0.1, 0.15) is 26.3 Å². The molecule has 0 bridgehead atoms. The molecule has 23 heavy (non-hydrogen) atoms. The summed E-state index contributed by atoms with van der Waals surface area (Å²) >= 11 is 0. The molecule has 1 atom stereocenters. The Kier molecular flexibility index (Phi) is 7.68. The zero-order chi connectivity index (χ0) is 17.4. The van der Waals surface area contributed by atoms with Gasteiger partial charge in [0.1, 0.15) is 11.9 Å². The van der Waals surface area contributed by atoms with Crippen LogP contribution in [0.2, 0.25) is 0 Å². The number of hydrogen-bond donors (Lipinski definition) is 1. The maximum atomic E-state index is 13.0. The fraction of sp³-hybridized carbons (Fsp3) is 0.529. The number of halogens is 1. The highest BCUT2D eigenvalue weighted by Crippen LogP contribution is 2.13. The Morgan fingerprint density at radius 1 is 1.22 bits per heavy atom. The quantitative estimate of drug-likeness (QED) is 0.744. The van der Waals surface area contributed by atoms with Crippen LogP contribution < -0.4 is 5.32 Å². The van der Waals surface area contributed by atoms with Crippen molar-refractivity contribution in [3.8, 4) is 0 Å². The largest absolute Gasteiger partial charge is 0.383 e. The Bertz CT molecular complexity index is 517. The first kappa shape index (κ1) is 19.1. The third-order valence-electron chi connectivity index (χ3n) is 3.50. The molecule has 128 valence electrons. The normalized spacial score (nSPS) is 12.1. The van der Waals surface area contributed by atoms with E-state index in [9.17, 15) is 14.0 Å². The summed E-state index contributed by atoms with van der Waals surface area (Å²) in [7, 11) is 1.55. The highest BCUT2D eigenvalue weighted by molar-refractivity contribution is 5.88. The van der Waals surface area contributed by atoms with Crippen molar-refractivity contribution in [2.75, 3.05) is 20.3 Å². The fourth-order valence-electron chi connectivity index (χ4n) is 2.09. The Balaban J connectivity index is 2.84. The molecule has 0 saturated carbocycles. The molecule has 0 saturated heterocycles. The zero-order valence-electron chi connectivity index (χ0n) is 14.1. The van der Waals surface area contributed by atoms with Gasteiger partial charge in [-0.1, -0.05) is 26.0 Å². The summed E-state index contributed by atoms with van der Waals surface area (Å²) in [6.45, 7) is 6.32. The van der Waals surface area contributed by atoms with Crippen molar-refractivity contribution in [1.29, 1.82) is 0 Å². The average Bonchev–Trinajstić information content (AvgIpc) is 2.53. The number of amides is 2. The number of carbonyl (C=O) groups excluding carboxylic acids is 2. The van der Waals surface area contributed by atoms with Crippen LogP contribution in [0.15, 0.2) is 24.3 Å². The number of rotatable bonds is 8. The Labute approximate surface area is 136 Å². The maximum Gasteiger partial charge on any atom is 0.242 e. The Morgan fingerprint density at radius 3 is 2.35 bits per heavy atom. The van der Waals surface area contributed by atoms with Crippen molar-refractivity contribution < 1.29 is 18.7 Å². The van der Waals surface area contributed by atoms with E-state index in [0.29, 0.717) is 13.2 Å². The first-order valence-corrected chi connectivity index (χ1v) is 7.68. The highest BCUT2D eigenvalue weighted by atomic mass is 19.1. The van der Waals surface area contributed by atoms with Crippen LogP contribution in [0.25, 0.3) is 0 Å². The lowest BCUT2D eigenvalue weighted by Crippen LogP contribution is -2.49. The van der Waals surface area contributed by atoms with Gasteiger partial charge in [-0.15, -0.1) is 0 Å². The van der Waals surface area contributed by atoms with Gasteiger partial charge < -0.3 is 15.0 Å². The van der Waals surface area contributed by atoms with Crippen LogP contribution in [0.5, 0.6) is 0 Å². The minimum Gasteiger partial charge on any atom is -0.383 e. The first-order valence-electron chi connectivity index (χ1n) is 7.68. The molecule has 0 fully saturated rings. The van der Waals surface area contributed by atoms with Gasteiger partial charge in [0.15, 0.2) is 0 Å². The van der Waals surface area contributed by atoms with E-state index in [1.807, 2.05) is 0 Å². The lowest BCUT2D eigenvalue weighted by atomic mass is 10.1. The molecule has 0 aromatic heterocycles. The van der Waals surface area contributed by atoms with Crippen LogP contribution >= 0.6 is 0 Å². The zero-order valence-corrected chi connectivity index (χ0v) is 14.1. The molecule has 6 heteroatoms. The maximum absolute atomic E-state index is 13.0. The molecule has 0 radical (unpaired) electrons. The highest BCUT2D eigenvalue weighted by Gasteiger charge is 2.27. The SMILES string of the molecule is COCCNC(=O)[C@@H](C)N(Cc1ccc(F)cc1)C(=O)C(C)C. The van der Waals surface area contributed by atoms with Crippen molar-refractivity contribution in [1.82, 2.24) is 10.2 Å². The first-order chi connectivity index (χ1) is 10.9. The molecule has 5 nitrogen and oxygen atoms in total. The van der Waals surface area contributed by atoms with E-state index in [1.54, 1.807) is 40.0 Å². The van der Waals surface area contributed by atoms with Gasteiger partial charge in [-0.25, -0.2) is 4.39 Å². The molecule has 1 aromatic carbocycles. The van der Waals surface area contributed by atoms with Crippen molar-refractivity contribution in [3.63, 3.8) is 0 Å². The van der Waals surface area contributed by atoms with E-state index in [1.165, 1.54) is 17.0 Å². The minimum atomic E-state index is -0.619. The molecule has 0 heterocycles. The van der Waals surface area contributed by atoms with Crippen molar-refractivity contribution in [2.24, 2.45) is 5.92 Å². The van der Waals surface area contributed by atoms with Crippen molar-refractivity contribution in [2.45, 2.75) is 33.4 Å². The van der Waals surface area contributed by atoms with Crippen LogP contribution in [0, 0.1) is 11.7 Å². The van der Waals surface area contributed by atoms with E-state index >= 15 is 0 Å². The third kappa shape index (κ3) is 5.98. The van der Waals surface area contributed by atoms with Gasteiger partial charge >= 0.3 is 0 Å². The number of carbonyl (C=O) groups is 2. The van der Waals surface area contributed by atoms with Crippen LogP contribution in [0.4, 0.5) is 4.39 Å². The lowest BCUT2D eigenvalue weighted by Gasteiger charge is -2.30. The summed E-state index contributed by atoms with van der Waals surface area (Å²) in [5, 5.41) is 2.73. The fourth-order valence-corrected chi connectivity index (χ4v) is 2.09. The van der Waals surface area contributed by atoms with Gasteiger partial charge in [-0.2, -0.15) is 0 Å². The summed E-state index contributed by atoms with van der Waals surface area (Å²) < 4.78 is 17.9. The number of nitrogens with zero attached hydrogens (tertiary/aromatic N) is 1. The van der Waals surface area contributed by atoms with Crippen LogP contribution in [0.3, 0.4) is 0 Å². The lowest BCUT2D eigenvalue weighted by molar-refractivity contribution is -0.143. The van der Waals surface area contributed by atoms with Gasteiger partial charge in [0.05, 0.1) is 6.61 Å². The van der Waals surface area contributed by atoms with Gasteiger partial charge in [-0.3, -0.25) is 9.59 Å². The Morgan fingerprint density at radius 2 is 1.83 bits per heavy atom. The summed E-state index contributed by atoms with van der Waals surface area (Å²) in [5.41, 5.74) is 0.775. The molecule has 2 amide bonds. The molecule has 1 aromatic rings. The number of benzene rings is 1. The second-order valence-electron chi connectivity index (χ2n) is 5.71. The predicted octanol–water partition coefficient (Wildman–Crippen LogP) is 1.96. The number of methoxy groups -OCH3 is 1. The monoisotopic (exact) mass is 324 g/mol. The number of nitrogens with one attached hydrogen (secondary N) is 1. The Hall–Kier alpha value is -1.95. The summed E-state index contributed by atoms with van der Waals surface area (Å²) in [6, 6.07) is 5.30. The van der Waals surface area contributed by atoms with E-state index in [0.717, 1.165) is 5.56 Å². The molecule has 1 rings (SSSR count). The molecule has 0 spiro atoms. The smallest absolute Gasteiger partial charge is 0.242 e. The van der Waals surface area contributed by atoms with E-state index in [-0.39, 0.29) is 30.1 Å². The van der Waals surface area contributed by atoms with Gasteiger partial charge in [-0.05, 0) is 24.6 Å². The molecule has 0 unspecified atom stereocenters. The standard InChI is InChI=1S/C17H25FN2O3/c1-12(2)17(22)20(11-14-5-7-15(18)8-6-14)13(3)16(21)19-9-10-23-4/h5-8,12-13H,9-11H2,1-4H3,(H,19,21)/t13-/m1/s1. The second-order valence-corrected chi connectivity index (χ2v) is 5.71. The summed E-state index contributed by atoms with van der Waals surface area (Å²) in [6.07, 6.45) is 0. The molecule has 1 N–H and O–H groups in total. The van der Waals surface area contributed by atoms with Crippen molar-refractivity contribution in [3.05, 3.63) is 35.6 Å². The summed E-state index contributed by atoms with van der Waals surface area (Å²) in [4.78, 5) is 26.2. The van der Waals surface area contributed by atoms with Crippen LogP contribution in [-0.4, -0.2) is 43.0 Å². The van der Waals surface area contributed by atoms with Gasteiger partial charge in [0, 0.05) is 26.1 Å². The van der Waals surface area contributed by atoms with Crippen molar-refractivity contribution >= 4 is 11.8 Å². The number of ether oxygens (including phenoxy) is 1. The average molecular weight is 324 g/mol. The topological polar surface area (TPSA) is 58.6 Å². The molecular weight excluding hydrogens is 299 g/mol. The van der Waals surface area contributed by atoms with E-state index in [4.69, 9.17) is 4.74 Å². The molecule has 0 aliphatic heterocycles. The van der Waals surface area contributed by atoms with Crippen LogP contribution in [-0.2, 0) is 20.9 Å². The molecule has 0 aliphatic rings. The number of hydrogen-bond acceptors (Lipinski definition) is 3. The predicted molar refractivity (Wildman–Crippen MR) is 86.1 cm³/mol. The molecule has 0 aliphatic carbocycles.